The molecular formula is C17H16N4O2. The molecule has 6 heteroatoms. The summed E-state index contributed by atoms with van der Waals surface area (Å²) in [5.74, 6) is 0.0466. The Labute approximate surface area is 133 Å². The van der Waals surface area contributed by atoms with Gasteiger partial charge in [-0.05, 0) is 30.7 Å². The summed E-state index contributed by atoms with van der Waals surface area (Å²) < 4.78 is 0. The molecule has 116 valence electrons. The third-order valence-electron chi connectivity index (χ3n) is 3.54. The Hall–Kier alpha value is -3.02. The van der Waals surface area contributed by atoms with Gasteiger partial charge in [-0.1, -0.05) is 24.3 Å². The normalized spacial score (nSPS) is 14.4. The van der Waals surface area contributed by atoms with Gasteiger partial charge >= 0.3 is 0 Å². The largest absolute Gasteiger partial charge is 0.305 e. The summed E-state index contributed by atoms with van der Waals surface area (Å²) in [6.07, 6.45) is 2.19. The van der Waals surface area contributed by atoms with Crippen molar-refractivity contribution in [3.05, 3.63) is 54.2 Å². The van der Waals surface area contributed by atoms with Gasteiger partial charge in [-0.15, -0.1) is 0 Å². The summed E-state index contributed by atoms with van der Waals surface area (Å²) in [7, 11) is 0. The van der Waals surface area contributed by atoms with E-state index in [1.807, 2.05) is 31.2 Å². The molecule has 1 N–H and O–H groups in total. The molecule has 1 aromatic carbocycles. The molecule has 1 aliphatic heterocycles. The maximum absolute atomic E-state index is 12.4. The summed E-state index contributed by atoms with van der Waals surface area (Å²) in [5, 5.41) is 8.25. The van der Waals surface area contributed by atoms with E-state index in [0.717, 1.165) is 5.56 Å². The SMILES string of the molecule is Cc1cccnc1NC(=O)C1=NN(c2ccccc2)C(=O)CC1. The molecule has 0 unspecified atom stereocenters. The van der Waals surface area contributed by atoms with Crippen LogP contribution in [0, 0.1) is 6.92 Å². The standard InChI is InChI=1S/C17H16N4O2/c1-12-6-5-11-18-16(12)19-17(23)14-9-10-15(22)21(20-14)13-7-3-2-4-8-13/h2-8,11H,9-10H2,1H3,(H,18,19,23). The highest BCUT2D eigenvalue weighted by molar-refractivity contribution is 6.44. The Morgan fingerprint density at radius 1 is 1.13 bits per heavy atom. The number of rotatable bonds is 3. The van der Waals surface area contributed by atoms with E-state index >= 15 is 0 Å². The Morgan fingerprint density at radius 2 is 1.91 bits per heavy atom. The summed E-state index contributed by atoms with van der Waals surface area (Å²) >= 11 is 0. The predicted octanol–water partition coefficient (Wildman–Crippen LogP) is 2.51. The van der Waals surface area contributed by atoms with Gasteiger partial charge in [0, 0.05) is 19.0 Å². The lowest BCUT2D eigenvalue weighted by molar-refractivity contribution is -0.118. The predicted molar refractivity (Wildman–Crippen MR) is 88.2 cm³/mol. The lowest BCUT2D eigenvalue weighted by Crippen LogP contribution is -2.36. The Morgan fingerprint density at radius 3 is 2.65 bits per heavy atom. The molecule has 0 spiro atoms. The van der Waals surface area contributed by atoms with E-state index in [9.17, 15) is 9.59 Å². The number of pyridine rings is 1. The zero-order chi connectivity index (χ0) is 16.2. The second-order valence-electron chi connectivity index (χ2n) is 5.21. The second-order valence-corrected chi connectivity index (χ2v) is 5.21. The molecule has 2 amide bonds. The number of aromatic nitrogens is 1. The summed E-state index contributed by atoms with van der Waals surface area (Å²) in [6.45, 7) is 1.87. The summed E-state index contributed by atoms with van der Waals surface area (Å²) in [6, 6.07) is 12.7. The quantitative estimate of drug-likeness (QED) is 0.946. The molecule has 3 rings (SSSR count). The summed E-state index contributed by atoms with van der Waals surface area (Å²) in [5.41, 5.74) is 1.84. The average molecular weight is 308 g/mol. The van der Waals surface area contributed by atoms with Crippen molar-refractivity contribution >= 4 is 29.0 Å². The molecule has 6 nitrogen and oxygen atoms in total. The van der Waals surface area contributed by atoms with Crippen LogP contribution in [-0.4, -0.2) is 22.5 Å². The minimum atomic E-state index is -0.333. The first-order valence-corrected chi connectivity index (χ1v) is 7.33. The number of para-hydroxylation sites is 1. The molecule has 1 aliphatic rings. The maximum atomic E-state index is 12.4. The van der Waals surface area contributed by atoms with Gasteiger partial charge in [-0.25, -0.2) is 9.99 Å². The van der Waals surface area contributed by atoms with Gasteiger partial charge in [0.2, 0.25) is 5.91 Å². The van der Waals surface area contributed by atoms with Crippen LogP contribution in [0.2, 0.25) is 0 Å². The molecule has 0 aliphatic carbocycles. The number of hydrogen-bond donors (Lipinski definition) is 1. The van der Waals surface area contributed by atoms with Crippen molar-refractivity contribution in [2.75, 3.05) is 10.3 Å². The minimum Gasteiger partial charge on any atom is -0.305 e. The highest BCUT2D eigenvalue weighted by Gasteiger charge is 2.25. The van der Waals surface area contributed by atoms with Crippen LogP contribution in [-0.2, 0) is 9.59 Å². The van der Waals surface area contributed by atoms with E-state index in [2.05, 4.69) is 15.4 Å². The molecule has 0 bridgehead atoms. The third-order valence-corrected chi connectivity index (χ3v) is 3.54. The van der Waals surface area contributed by atoms with Crippen LogP contribution in [0.15, 0.2) is 53.8 Å². The molecular weight excluding hydrogens is 292 g/mol. The summed E-state index contributed by atoms with van der Waals surface area (Å²) in [4.78, 5) is 28.6. The second kappa shape index (κ2) is 6.39. The number of nitrogens with one attached hydrogen (secondary N) is 1. The lowest BCUT2D eigenvalue weighted by Gasteiger charge is -2.23. The van der Waals surface area contributed by atoms with Crippen LogP contribution in [0.25, 0.3) is 0 Å². The first-order valence-electron chi connectivity index (χ1n) is 7.33. The first-order chi connectivity index (χ1) is 11.1. The molecule has 0 atom stereocenters. The third kappa shape index (κ3) is 3.26. The number of hydrogen-bond acceptors (Lipinski definition) is 4. The average Bonchev–Trinajstić information content (AvgIpc) is 2.58. The van der Waals surface area contributed by atoms with Gasteiger partial charge in [0.05, 0.1) is 5.69 Å². The topological polar surface area (TPSA) is 74.7 Å². The van der Waals surface area contributed by atoms with E-state index in [0.29, 0.717) is 23.6 Å². The first kappa shape index (κ1) is 14.9. The number of aryl methyl sites for hydroxylation is 1. The van der Waals surface area contributed by atoms with Crippen molar-refractivity contribution in [1.82, 2.24) is 4.98 Å². The number of benzene rings is 1. The van der Waals surface area contributed by atoms with Crippen molar-refractivity contribution in [3.8, 4) is 0 Å². The van der Waals surface area contributed by atoms with Crippen LogP contribution in [0.5, 0.6) is 0 Å². The van der Waals surface area contributed by atoms with Gasteiger partial charge < -0.3 is 5.32 Å². The molecule has 0 saturated heterocycles. The van der Waals surface area contributed by atoms with Crippen LogP contribution in [0.3, 0.4) is 0 Å². The lowest BCUT2D eigenvalue weighted by atomic mass is 10.1. The van der Waals surface area contributed by atoms with E-state index in [1.165, 1.54) is 5.01 Å². The Balaban J connectivity index is 1.83. The number of carbonyl (C=O) groups excluding carboxylic acids is 2. The van der Waals surface area contributed by atoms with E-state index in [-0.39, 0.29) is 18.2 Å². The number of carbonyl (C=O) groups is 2. The number of hydrazone groups is 1. The molecule has 0 fully saturated rings. The minimum absolute atomic E-state index is 0.123. The molecule has 2 heterocycles. The van der Waals surface area contributed by atoms with Crippen LogP contribution >= 0.6 is 0 Å². The van der Waals surface area contributed by atoms with Crippen LogP contribution in [0.1, 0.15) is 18.4 Å². The van der Waals surface area contributed by atoms with Gasteiger partial charge in [0.1, 0.15) is 11.5 Å². The number of amides is 2. The van der Waals surface area contributed by atoms with Crippen molar-refractivity contribution in [2.24, 2.45) is 5.10 Å². The van der Waals surface area contributed by atoms with Crippen LogP contribution < -0.4 is 10.3 Å². The maximum Gasteiger partial charge on any atom is 0.273 e. The zero-order valence-electron chi connectivity index (χ0n) is 12.7. The molecule has 1 aromatic heterocycles. The van der Waals surface area contributed by atoms with Crippen molar-refractivity contribution in [3.63, 3.8) is 0 Å². The van der Waals surface area contributed by atoms with Crippen molar-refractivity contribution in [1.29, 1.82) is 0 Å². The molecule has 2 aromatic rings. The molecule has 0 radical (unpaired) electrons. The van der Waals surface area contributed by atoms with E-state index < -0.39 is 0 Å². The van der Waals surface area contributed by atoms with Crippen molar-refractivity contribution < 1.29 is 9.59 Å². The molecule has 23 heavy (non-hydrogen) atoms. The number of anilines is 2. The van der Waals surface area contributed by atoms with Crippen LogP contribution in [0.4, 0.5) is 11.5 Å². The fraction of sp³-hybridized carbons (Fsp3) is 0.176. The van der Waals surface area contributed by atoms with Crippen molar-refractivity contribution in [2.45, 2.75) is 19.8 Å². The highest BCUT2D eigenvalue weighted by atomic mass is 16.2. The number of nitrogens with zero attached hydrogens (tertiary/aromatic N) is 3. The van der Waals surface area contributed by atoms with E-state index in [4.69, 9.17) is 0 Å². The van der Waals surface area contributed by atoms with Gasteiger partial charge in [0.25, 0.3) is 5.91 Å². The van der Waals surface area contributed by atoms with Gasteiger partial charge in [0.15, 0.2) is 0 Å². The monoisotopic (exact) mass is 308 g/mol. The fourth-order valence-electron chi connectivity index (χ4n) is 2.28. The smallest absolute Gasteiger partial charge is 0.273 e. The fourth-order valence-corrected chi connectivity index (χ4v) is 2.28. The highest BCUT2D eigenvalue weighted by Crippen LogP contribution is 2.20. The molecule has 0 saturated carbocycles. The zero-order valence-corrected chi connectivity index (χ0v) is 12.7. The Bertz CT molecular complexity index is 771. The van der Waals surface area contributed by atoms with Gasteiger partial charge in [-0.3, -0.25) is 9.59 Å². The van der Waals surface area contributed by atoms with E-state index in [1.54, 1.807) is 24.4 Å². The van der Waals surface area contributed by atoms with Gasteiger partial charge in [-0.2, -0.15) is 5.10 Å². The Kier molecular flexibility index (Phi) is 4.14.